The van der Waals surface area contributed by atoms with Gasteiger partial charge in [0.2, 0.25) is 0 Å². The fraction of sp³-hybridized carbons (Fsp3) is 0.467. The van der Waals surface area contributed by atoms with Crippen LogP contribution in [0.1, 0.15) is 75.3 Å². The molecule has 2 aromatic rings. The molecule has 32 heavy (non-hydrogen) atoms. The summed E-state index contributed by atoms with van der Waals surface area (Å²) in [7, 11) is 0. The topological polar surface area (TPSA) is 24.1 Å². The van der Waals surface area contributed by atoms with Gasteiger partial charge in [0.05, 0.1) is 12.1 Å². The Kier molecular flexibility index (Phi) is 8.85. The maximum absolute atomic E-state index is 3.91. The van der Waals surface area contributed by atoms with Crippen LogP contribution in [-0.4, -0.2) is 24.2 Å². The Hall–Kier alpha value is -2.52. The average Bonchev–Trinajstić information content (AvgIpc) is 2.87. The molecule has 0 spiro atoms. The van der Waals surface area contributed by atoms with Gasteiger partial charge in [-0.3, -0.25) is 10.6 Å². The fourth-order valence-corrected chi connectivity index (χ4v) is 4.85. The van der Waals surface area contributed by atoms with E-state index in [9.17, 15) is 0 Å². The Morgan fingerprint density at radius 2 is 0.906 bits per heavy atom. The van der Waals surface area contributed by atoms with E-state index in [0.717, 1.165) is 11.1 Å². The van der Waals surface area contributed by atoms with Gasteiger partial charge in [-0.2, -0.15) is 0 Å². The van der Waals surface area contributed by atoms with Crippen molar-refractivity contribution in [1.82, 2.24) is 10.6 Å². The maximum atomic E-state index is 3.91. The molecule has 0 heterocycles. The van der Waals surface area contributed by atoms with Crippen LogP contribution in [0, 0.1) is 23.7 Å². The van der Waals surface area contributed by atoms with Crippen LogP contribution in [-0.2, 0) is 0 Å². The summed E-state index contributed by atoms with van der Waals surface area (Å²) in [4.78, 5) is 0. The summed E-state index contributed by atoms with van der Waals surface area (Å²) in [5, 5.41) is 7.83. The molecule has 4 rings (SSSR count). The van der Waals surface area contributed by atoms with Gasteiger partial charge in [-0.05, 0) is 49.9 Å². The molecule has 0 saturated heterocycles. The second-order valence-corrected chi connectivity index (χ2v) is 9.23. The highest BCUT2D eigenvalue weighted by atomic mass is 15.0. The third kappa shape index (κ3) is 7.27. The highest BCUT2D eigenvalue weighted by molar-refractivity contribution is 5.39. The monoisotopic (exact) mass is 424 g/mol. The molecule has 0 unspecified atom stereocenters. The normalized spacial score (nSPS) is 19.1. The van der Waals surface area contributed by atoms with E-state index in [0.29, 0.717) is 12.1 Å². The van der Waals surface area contributed by atoms with Crippen LogP contribution in [0.25, 0.3) is 0 Å². The molecule has 0 radical (unpaired) electrons. The molecule has 166 valence electrons. The van der Waals surface area contributed by atoms with Gasteiger partial charge in [-0.15, -0.1) is 0 Å². The zero-order chi connectivity index (χ0) is 21.8. The van der Waals surface area contributed by atoms with E-state index in [1.807, 2.05) is 12.1 Å². The first-order valence-electron chi connectivity index (χ1n) is 12.5. The lowest BCUT2D eigenvalue weighted by Gasteiger charge is -2.32. The van der Waals surface area contributed by atoms with Crippen LogP contribution in [0.2, 0.25) is 0 Å². The first-order chi connectivity index (χ1) is 15.9. The minimum Gasteiger partial charge on any atom is -0.299 e. The number of rotatable bonds is 5. The van der Waals surface area contributed by atoms with Crippen LogP contribution in [0.5, 0.6) is 0 Å². The predicted octanol–water partition coefficient (Wildman–Crippen LogP) is 5.67. The Morgan fingerprint density at radius 1 is 0.531 bits per heavy atom. The van der Waals surface area contributed by atoms with Gasteiger partial charge < -0.3 is 0 Å². The first-order valence-corrected chi connectivity index (χ1v) is 12.5. The summed E-state index contributed by atoms with van der Waals surface area (Å²) in [5.74, 6) is 14.0. The van der Waals surface area contributed by atoms with Crippen molar-refractivity contribution in [3.8, 4) is 23.7 Å². The largest absolute Gasteiger partial charge is 0.299 e. The summed E-state index contributed by atoms with van der Waals surface area (Å²) >= 11 is 0. The van der Waals surface area contributed by atoms with Gasteiger partial charge in [0.25, 0.3) is 0 Å². The zero-order valence-electron chi connectivity index (χ0n) is 19.2. The van der Waals surface area contributed by atoms with Gasteiger partial charge in [0.15, 0.2) is 0 Å². The van der Waals surface area contributed by atoms with Crippen molar-refractivity contribution in [3.63, 3.8) is 0 Å². The summed E-state index contributed by atoms with van der Waals surface area (Å²) in [6, 6.07) is 21.8. The Balaban J connectivity index is 1.60. The molecule has 2 fully saturated rings. The number of hydrogen-bond acceptors (Lipinski definition) is 2. The summed E-state index contributed by atoms with van der Waals surface area (Å²) in [6.45, 7) is 0. The molecule has 0 aliphatic heterocycles. The van der Waals surface area contributed by atoms with E-state index in [2.05, 4.69) is 82.8 Å². The number of hydrogen-bond donors (Lipinski definition) is 2. The fourth-order valence-electron chi connectivity index (χ4n) is 4.85. The minimum atomic E-state index is 0.0106. The Labute approximate surface area is 194 Å². The van der Waals surface area contributed by atoms with Crippen molar-refractivity contribution < 1.29 is 0 Å². The van der Waals surface area contributed by atoms with Crippen molar-refractivity contribution in [1.29, 1.82) is 0 Å². The smallest absolute Gasteiger partial charge is 0.0965 e. The number of nitrogens with one attached hydrogen (secondary N) is 2. The molecule has 2 nitrogen and oxygen atoms in total. The summed E-state index contributed by atoms with van der Waals surface area (Å²) in [5.41, 5.74) is 2.13. The van der Waals surface area contributed by atoms with E-state index >= 15 is 0 Å². The average molecular weight is 425 g/mol. The zero-order valence-corrected chi connectivity index (χ0v) is 19.2. The molecule has 2 heteroatoms. The standard InChI is InChI=1S/C30H36N2/c1-5-13-25(14-6-1)21-23-29(31-27-17-9-3-10-18-27)30(32-28-19-11-4-12-20-28)24-22-26-15-7-2-8-16-26/h1-2,5-8,13-16,27-32H,3-4,9-12,17-20H2/t29-,30-/m1/s1. The van der Waals surface area contributed by atoms with Gasteiger partial charge in [-0.1, -0.05) is 98.6 Å². The lowest BCUT2D eigenvalue weighted by molar-refractivity contribution is 0.308. The van der Waals surface area contributed by atoms with Gasteiger partial charge >= 0.3 is 0 Å². The van der Waals surface area contributed by atoms with Crippen molar-refractivity contribution >= 4 is 0 Å². The minimum absolute atomic E-state index is 0.0106. The highest BCUT2D eigenvalue weighted by Crippen LogP contribution is 2.20. The number of benzene rings is 2. The van der Waals surface area contributed by atoms with Crippen molar-refractivity contribution in [2.75, 3.05) is 0 Å². The van der Waals surface area contributed by atoms with Gasteiger partial charge in [0, 0.05) is 23.2 Å². The van der Waals surface area contributed by atoms with E-state index in [1.54, 1.807) is 0 Å². The van der Waals surface area contributed by atoms with Crippen molar-refractivity contribution in [2.24, 2.45) is 0 Å². The van der Waals surface area contributed by atoms with Crippen LogP contribution in [0.4, 0.5) is 0 Å². The third-order valence-corrected chi connectivity index (χ3v) is 6.67. The quantitative estimate of drug-likeness (QED) is 0.604. The maximum Gasteiger partial charge on any atom is 0.0965 e. The SMILES string of the molecule is C(#C[C@@H](NC1CCCCC1)[C@@H](C#Cc1ccccc1)NC1CCCCC1)c1ccccc1. The Bertz CT molecular complexity index is 837. The van der Waals surface area contributed by atoms with Gasteiger partial charge in [0.1, 0.15) is 0 Å². The first kappa shape index (κ1) is 22.7. The lowest BCUT2D eigenvalue weighted by atomic mass is 9.92. The molecule has 2 atom stereocenters. The molecule has 2 aromatic carbocycles. The van der Waals surface area contributed by atoms with E-state index in [4.69, 9.17) is 0 Å². The molecular weight excluding hydrogens is 388 g/mol. The van der Waals surface area contributed by atoms with E-state index in [1.165, 1.54) is 64.2 Å². The second kappa shape index (κ2) is 12.5. The van der Waals surface area contributed by atoms with Crippen molar-refractivity contribution in [3.05, 3.63) is 71.8 Å². The Morgan fingerprint density at radius 3 is 1.28 bits per heavy atom. The highest BCUT2D eigenvalue weighted by Gasteiger charge is 2.25. The second-order valence-electron chi connectivity index (χ2n) is 9.23. The molecule has 2 N–H and O–H groups in total. The molecule has 2 aliphatic carbocycles. The van der Waals surface area contributed by atoms with Crippen LogP contribution in [0.15, 0.2) is 60.7 Å². The van der Waals surface area contributed by atoms with E-state index < -0.39 is 0 Å². The summed E-state index contributed by atoms with van der Waals surface area (Å²) in [6.07, 6.45) is 12.9. The summed E-state index contributed by atoms with van der Waals surface area (Å²) < 4.78 is 0. The van der Waals surface area contributed by atoms with Crippen LogP contribution in [0.3, 0.4) is 0 Å². The molecular formula is C30H36N2. The molecule has 0 bridgehead atoms. The van der Waals surface area contributed by atoms with Crippen LogP contribution < -0.4 is 10.6 Å². The van der Waals surface area contributed by atoms with Crippen LogP contribution >= 0.6 is 0 Å². The van der Waals surface area contributed by atoms with Crippen molar-refractivity contribution in [2.45, 2.75) is 88.4 Å². The third-order valence-electron chi connectivity index (χ3n) is 6.67. The molecule has 0 amide bonds. The molecule has 0 aromatic heterocycles. The molecule has 2 aliphatic rings. The lowest BCUT2D eigenvalue weighted by Crippen LogP contribution is -2.53. The predicted molar refractivity (Wildman–Crippen MR) is 134 cm³/mol. The van der Waals surface area contributed by atoms with E-state index in [-0.39, 0.29) is 12.1 Å². The van der Waals surface area contributed by atoms with Gasteiger partial charge in [-0.25, -0.2) is 0 Å². The molecule has 2 saturated carbocycles.